The van der Waals surface area contributed by atoms with E-state index in [1.54, 1.807) is 0 Å². The van der Waals surface area contributed by atoms with Gasteiger partial charge < -0.3 is 14.7 Å². The number of anilines is 2. The fourth-order valence-electron chi connectivity index (χ4n) is 5.06. The molecule has 3 heteroatoms. The molecular weight excluding hydrogens is 318 g/mol. The van der Waals surface area contributed by atoms with Gasteiger partial charge in [-0.3, -0.25) is 0 Å². The van der Waals surface area contributed by atoms with Gasteiger partial charge >= 0.3 is 0 Å². The molecule has 2 heterocycles. The number of fused-ring (bicyclic) bond motifs is 1. The molecule has 0 bridgehead atoms. The van der Waals surface area contributed by atoms with Crippen LogP contribution in [-0.2, 0) is 0 Å². The highest BCUT2D eigenvalue weighted by atomic mass is 15.6. The van der Waals surface area contributed by atoms with Crippen LogP contribution in [0.1, 0.15) is 33.4 Å². The Labute approximate surface area is 158 Å². The third-order valence-electron chi connectivity index (χ3n) is 5.76. The summed E-state index contributed by atoms with van der Waals surface area (Å²) in [4.78, 5) is 7.66. The molecule has 2 aliphatic heterocycles. The first-order valence-electron chi connectivity index (χ1n) is 9.69. The molecule has 0 radical (unpaired) electrons. The van der Waals surface area contributed by atoms with Crippen LogP contribution >= 0.6 is 0 Å². The van der Waals surface area contributed by atoms with Gasteiger partial charge in [-0.1, -0.05) is 41.7 Å². The van der Waals surface area contributed by atoms with Crippen LogP contribution in [0.4, 0.5) is 11.4 Å². The zero-order valence-electron chi connectivity index (χ0n) is 17.0. The minimum absolute atomic E-state index is 1.07. The van der Waals surface area contributed by atoms with E-state index in [1.807, 2.05) is 0 Å². The van der Waals surface area contributed by atoms with Crippen LogP contribution in [0, 0.1) is 47.8 Å². The molecule has 4 rings (SSSR count). The monoisotopic (exact) mass is 348 g/mol. The fourth-order valence-corrected chi connectivity index (χ4v) is 5.06. The normalized spacial score (nSPS) is 18.1. The van der Waals surface area contributed by atoms with Gasteiger partial charge in [-0.15, -0.1) is 0 Å². The zero-order valence-corrected chi connectivity index (χ0v) is 17.0. The maximum Gasteiger partial charge on any atom is 0.0158 e. The summed E-state index contributed by atoms with van der Waals surface area (Å²) < 4.78 is 0. The number of rotatable bonds is 2. The molecule has 0 saturated carbocycles. The molecule has 3 nitrogen and oxygen atoms in total. The van der Waals surface area contributed by atoms with Gasteiger partial charge in [0.15, 0.2) is 0 Å². The lowest BCUT2D eigenvalue weighted by Crippen LogP contribution is -2.39. The molecule has 0 atom stereocenters. The maximum atomic E-state index is 2.55. The first-order chi connectivity index (χ1) is 12.4. The maximum absolute atomic E-state index is 2.55. The first kappa shape index (κ1) is 17.4. The highest BCUT2D eigenvalue weighted by Crippen LogP contribution is 2.42. The summed E-state index contributed by atoms with van der Waals surface area (Å²) in [6.45, 7) is 17.7. The number of benzene rings is 2. The average Bonchev–Trinajstić information content (AvgIpc) is 3.09. The number of hydrogen-bond acceptors (Lipinski definition) is 3. The summed E-state index contributed by atoms with van der Waals surface area (Å²) in [5.74, 6) is 0. The Kier molecular flexibility index (Phi) is 4.23. The highest BCUT2D eigenvalue weighted by molar-refractivity contribution is 5.70. The van der Waals surface area contributed by atoms with Crippen LogP contribution in [0.15, 0.2) is 24.3 Å². The van der Waals surface area contributed by atoms with Crippen LogP contribution in [0.3, 0.4) is 0 Å². The summed E-state index contributed by atoms with van der Waals surface area (Å²) in [5, 5.41) is 0. The predicted molar refractivity (Wildman–Crippen MR) is 111 cm³/mol. The third-order valence-corrected chi connectivity index (χ3v) is 5.76. The smallest absolute Gasteiger partial charge is 0.0158 e. The quantitative estimate of drug-likeness (QED) is 0.733. The SMILES string of the molecule is Cc1cc(C)c(N2CCN3CCN(c4c(C)cc(C)cc4C)[C-]32)c(C)c1. The molecule has 0 aliphatic carbocycles. The van der Waals surface area contributed by atoms with E-state index in [0.29, 0.717) is 0 Å². The van der Waals surface area contributed by atoms with E-state index in [0.717, 1.165) is 26.2 Å². The van der Waals surface area contributed by atoms with E-state index in [2.05, 4.69) is 80.5 Å². The molecule has 2 fully saturated rings. The molecule has 2 aromatic rings. The van der Waals surface area contributed by atoms with Crippen molar-refractivity contribution in [2.45, 2.75) is 41.5 Å². The molecule has 0 N–H and O–H groups in total. The summed E-state index contributed by atoms with van der Waals surface area (Å²) in [6.07, 6.45) is 1.37. The van der Waals surface area contributed by atoms with Crippen molar-refractivity contribution in [3.63, 3.8) is 0 Å². The standard InChI is InChI=1S/C23H30N3/c1-15-11-17(3)21(18(4)12-15)25-9-7-24-8-10-26(23(24)25)22-19(5)13-16(2)14-20(22)6/h11-14H,7-10H2,1-6H3/q-1. The zero-order chi connectivity index (χ0) is 18.6. The fraction of sp³-hybridized carbons (Fsp3) is 0.435. The molecule has 0 unspecified atom stereocenters. The highest BCUT2D eigenvalue weighted by Gasteiger charge is 2.31. The van der Waals surface area contributed by atoms with Gasteiger partial charge in [-0.05, 0) is 76.9 Å². The first-order valence-corrected chi connectivity index (χ1v) is 9.69. The van der Waals surface area contributed by atoms with Crippen LogP contribution in [-0.4, -0.2) is 31.1 Å². The third kappa shape index (κ3) is 2.69. The van der Waals surface area contributed by atoms with Gasteiger partial charge in [0.1, 0.15) is 0 Å². The van der Waals surface area contributed by atoms with Crippen molar-refractivity contribution < 1.29 is 0 Å². The lowest BCUT2D eigenvalue weighted by molar-refractivity contribution is 0.407. The van der Waals surface area contributed by atoms with E-state index in [-0.39, 0.29) is 0 Å². The van der Waals surface area contributed by atoms with E-state index in [4.69, 9.17) is 0 Å². The Morgan fingerprint density at radius 3 is 1.27 bits per heavy atom. The second kappa shape index (κ2) is 6.31. The van der Waals surface area contributed by atoms with E-state index in [9.17, 15) is 0 Å². The molecule has 0 amide bonds. The molecule has 2 aliphatic rings. The van der Waals surface area contributed by atoms with Gasteiger partial charge in [0.05, 0.1) is 0 Å². The number of aryl methyl sites for hydroxylation is 6. The van der Waals surface area contributed by atoms with Crippen molar-refractivity contribution in [1.82, 2.24) is 4.90 Å². The summed E-state index contributed by atoms with van der Waals surface area (Å²) in [5.41, 5.74) is 11.0. The molecule has 2 aromatic carbocycles. The summed E-state index contributed by atoms with van der Waals surface area (Å²) >= 11 is 0. The largest absolute Gasteiger partial charge is 0.485 e. The van der Waals surface area contributed by atoms with E-state index >= 15 is 0 Å². The molecule has 26 heavy (non-hydrogen) atoms. The second-order valence-corrected chi connectivity index (χ2v) is 8.08. The Morgan fingerprint density at radius 2 is 0.923 bits per heavy atom. The lowest BCUT2D eigenvalue weighted by atomic mass is 10.0. The number of hydrogen-bond donors (Lipinski definition) is 0. The molecule has 2 saturated heterocycles. The van der Waals surface area contributed by atoms with Crippen molar-refractivity contribution in [2.75, 3.05) is 36.0 Å². The Hall–Kier alpha value is -2.00. The minimum Gasteiger partial charge on any atom is -0.485 e. The van der Waals surface area contributed by atoms with Crippen molar-refractivity contribution >= 4 is 11.4 Å². The minimum atomic E-state index is 1.07. The van der Waals surface area contributed by atoms with E-state index in [1.165, 1.54) is 51.0 Å². The summed E-state index contributed by atoms with van der Waals surface area (Å²) in [6, 6.07) is 9.25. The Morgan fingerprint density at radius 1 is 0.577 bits per heavy atom. The van der Waals surface area contributed by atoms with Crippen LogP contribution in [0.5, 0.6) is 0 Å². The summed E-state index contributed by atoms with van der Waals surface area (Å²) in [7, 11) is 0. The molecular formula is C23H30N3-. The van der Waals surface area contributed by atoms with Crippen molar-refractivity contribution in [3.8, 4) is 0 Å². The average molecular weight is 349 g/mol. The van der Waals surface area contributed by atoms with Gasteiger partial charge in [-0.2, -0.15) is 0 Å². The van der Waals surface area contributed by atoms with Crippen LogP contribution in [0.2, 0.25) is 0 Å². The topological polar surface area (TPSA) is 9.72 Å². The predicted octanol–water partition coefficient (Wildman–Crippen LogP) is 4.63. The second-order valence-electron chi connectivity index (χ2n) is 8.08. The Bertz CT molecular complexity index is 739. The molecule has 0 aromatic heterocycles. The van der Waals surface area contributed by atoms with Gasteiger partial charge in [-0.25, -0.2) is 0 Å². The van der Waals surface area contributed by atoms with Crippen molar-refractivity contribution in [2.24, 2.45) is 0 Å². The van der Waals surface area contributed by atoms with E-state index < -0.39 is 0 Å². The molecule has 0 spiro atoms. The van der Waals surface area contributed by atoms with Crippen molar-refractivity contribution in [3.05, 3.63) is 63.9 Å². The number of nitrogens with zero attached hydrogens (tertiary/aromatic N) is 3. The molecule has 138 valence electrons. The Balaban J connectivity index is 1.78. The van der Waals surface area contributed by atoms with Crippen LogP contribution < -0.4 is 9.80 Å². The van der Waals surface area contributed by atoms with Gasteiger partial charge in [0.25, 0.3) is 0 Å². The van der Waals surface area contributed by atoms with Gasteiger partial charge in [0, 0.05) is 24.5 Å². The van der Waals surface area contributed by atoms with Crippen LogP contribution in [0.25, 0.3) is 0 Å². The van der Waals surface area contributed by atoms with Crippen molar-refractivity contribution in [1.29, 1.82) is 0 Å². The lowest BCUT2D eigenvalue weighted by Gasteiger charge is -2.50. The van der Waals surface area contributed by atoms with Gasteiger partial charge in [0.2, 0.25) is 0 Å².